The molecule has 1 aromatic carbocycles. The van der Waals surface area contributed by atoms with Gasteiger partial charge in [-0.05, 0) is 18.2 Å². The van der Waals surface area contributed by atoms with Crippen LogP contribution in [0.3, 0.4) is 0 Å². The number of carbonyl (C=O) groups excluding carboxylic acids is 1. The summed E-state index contributed by atoms with van der Waals surface area (Å²) in [7, 11) is -3.42. The third-order valence-corrected chi connectivity index (χ3v) is 3.68. The fraction of sp³-hybridized carbons (Fsp3) is 0.167. The highest BCUT2D eigenvalue weighted by Gasteiger charge is 2.13. The van der Waals surface area contributed by atoms with Crippen LogP contribution >= 0.6 is 0 Å². The smallest absolute Gasteiger partial charge is 0.251 e. The van der Waals surface area contributed by atoms with Gasteiger partial charge in [-0.25, -0.2) is 13.4 Å². The fourth-order valence-corrected chi connectivity index (χ4v) is 2.32. The molecule has 0 atom stereocenters. The minimum atomic E-state index is -3.42. The van der Waals surface area contributed by atoms with Gasteiger partial charge in [-0.2, -0.15) is 0 Å². The van der Waals surface area contributed by atoms with Crippen LogP contribution in [0.25, 0.3) is 0 Å². The highest BCUT2D eigenvalue weighted by molar-refractivity contribution is 7.90. The molecular weight excluding hydrogens is 280 g/mol. The molecule has 0 bridgehead atoms. The van der Waals surface area contributed by atoms with E-state index in [0.717, 1.165) is 6.26 Å². The lowest BCUT2D eigenvalue weighted by Gasteiger charge is -2.07. The molecule has 4 N–H and O–H groups in total. The predicted octanol–water partition coefficient (Wildman–Crippen LogP) is 0.325. The molecule has 0 aliphatic carbocycles. The molecule has 7 nitrogen and oxygen atoms in total. The number of H-pyrrole nitrogens is 1. The molecule has 0 aliphatic rings. The van der Waals surface area contributed by atoms with E-state index in [2.05, 4.69) is 15.3 Å². The first-order valence-electron chi connectivity index (χ1n) is 5.73. The molecule has 0 aliphatic heterocycles. The maximum Gasteiger partial charge on any atom is 0.251 e. The number of aromatic amines is 1. The molecule has 0 spiro atoms. The Kier molecular flexibility index (Phi) is 3.75. The van der Waals surface area contributed by atoms with Gasteiger partial charge in [0.1, 0.15) is 5.82 Å². The minimum absolute atomic E-state index is 0.0145. The van der Waals surface area contributed by atoms with Crippen molar-refractivity contribution in [3.63, 3.8) is 0 Å². The lowest BCUT2D eigenvalue weighted by atomic mass is 10.2. The SMILES string of the molecule is CS(=O)(=O)c1cc(N)cc(C(=O)NCc2ncc[nH]2)c1. The number of sulfone groups is 1. The Morgan fingerprint density at radius 2 is 2.15 bits per heavy atom. The van der Waals surface area contributed by atoms with Crippen molar-refractivity contribution in [2.75, 3.05) is 12.0 Å². The average molecular weight is 294 g/mol. The molecule has 1 aromatic heterocycles. The number of nitrogen functional groups attached to an aromatic ring is 1. The summed E-state index contributed by atoms with van der Waals surface area (Å²) in [5.41, 5.74) is 6.03. The largest absolute Gasteiger partial charge is 0.399 e. The second kappa shape index (κ2) is 5.33. The van der Waals surface area contributed by atoms with Crippen LogP contribution in [0.15, 0.2) is 35.5 Å². The summed E-state index contributed by atoms with van der Waals surface area (Å²) >= 11 is 0. The number of imidazole rings is 1. The van der Waals surface area contributed by atoms with E-state index in [4.69, 9.17) is 5.73 Å². The number of benzene rings is 1. The molecule has 8 heteroatoms. The normalized spacial score (nSPS) is 11.2. The van der Waals surface area contributed by atoms with Crippen molar-refractivity contribution in [1.82, 2.24) is 15.3 Å². The highest BCUT2D eigenvalue weighted by Crippen LogP contribution is 2.16. The van der Waals surface area contributed by atoms with E-state index in [-0.39, 0.29) is 22.7 Å². The average Bonchev–Trinajstić information content (AvgIpc) is 2.87. The van der Waals surface area contributed by atoms with Crippen LogP contribution in [0.4, 0.5) is 5.69 Å². The van der Waals surface area contributed by atoms with Crippen LogP contribution < -0.4 is 11.1 Å². The number of nitrogens with one attached hydrogen (secondary N) is 2. The number of nitrogens with zero attached hydrogens (tertiary/aromatic N) is 1. The number of carbonyl (C=O) groups is 1. The zero-order valence-electron chi connectivity index (χ0n) is 10.8. The lowest BCUT2D eigenvalue weighted by molar-refractivity contribution is 0.0950. The summed E-state index contributed by atoms with van der Waals surface area (Å²) in [5, 5.41) is 2.62. The number of amides is 1. The summed E-state index contributed by atoms with van der Waals surface area (Å²) in [6.45, 7) is 0.217. The van der Waals surface area contributed by atoms with E-state index >= 15 is 0 Å². The van der Waals surface area contributed by atoms with Gasteiger partial charge < -0.3 is 16.0 Å². The number of anilines is 1. The number of aromatic nitrogens is 2. The Balaban J connectivity index is 2.19. The molecule has 0 saturated carbocycles. The van der Waals surface area contributed by atoms with E-state index in [1.165, 1.54) is 18.2 Å². The van der Waals surface area contributed by atoms with Gasteiger partial charge in [0.25, 0.3) is 5.91 Å². The van der Waals surface area contributed by atoms with Gasteiger partial charge >= 0.3 is 0 Å². The summed E-state index contributed by atoms with van der Waals surface area (Å²) in [4.78, 5) is 18.8. The molecule has 0 saturated heterocycles. The molecule has 1 heterocycles. The van der Waals surface area contributed by atoms with Crippen molar-refractivity contribution >= 4 is 21.4 Å². The van der Waals surface area contributed by atoms with E-state index in [0.29, 0.717) is 5.82 Å². The van der Waals surface area contributed by atoms with E-state index in [9.17, 15) is 13.2 Å². The Morgan fingerprint density at radius 1 is 1.40 bits per heavy atom. The molecule has 106 valence electrons. The number of nitrogens with two attached hydrogens (primary N) is 1. The van der Waals surface area contributed by atoms with Crippen molar-refractivity contribution in [2.45, 2.75) is 11.4 Å². The predicted molar refractivity (Wildman–Crippen MR) is 73.7 cm³/mol. The summed E-state index contributed by atoms with van der Waals surface area (Å²) in [6.07, 6.45) is 4.28. The minimum Gasteiger partial charge on any atom is -0.399 e. The van der Waals surface area contributed by atoms with Gasteiger partial charge in [0.2, 0.25) is 0 Å². The van der Waals surface area contributed by atoms with Gasteiger partial charge in [0.05, 0.1) is 11.4 Å². The zero-order chi connectivity index (χ0) is 14.8. The number of hydrogen-bond acceptors (Lipinski definition) is 5. The van der Waals surface area contributed by atoms with Crippen molar-refractivity contribution in [2.24, 2.45) is 0 Å². The molecule has 2 aromatic rings. The summed E-state index contributed by atoms with van der Waals surface area (Å²) in [5.74, 6) is 0.184. The van der Waals surface area contributed by atoms with Crippen LogP contribution in [0.2, 0.25) is 0 Å². The van der Waals surface area contributed by atoms with Crippen molar-refractivity contribution < 1.29 is 13.2 Å². The maximum absolute atomic E-state index is 12.0. The standard InChI is InChI=1S/C12H14N4O3S/c1-20(18,19)10-5-8(4-9(13)6-10)12(17)16-7-11-14-2-3-15-11/h2-6H,7,13H2,1H3,(H,14,15)(H,16,17). The molecule has 2 rings (SSSR count). The van der Waals surface area contributed by atoms with Crippen molar-refractivity contribution in [3.05, 3.63) is 42.0 Å². The van der Waals surface area contributed by atoms with Gasteiger partial charge in [0.15, 0.2) is 9.84 Å². The van der Waals surface area contributed by atoms with Crippen molar-refractivity contribution in [3.8, 4) is 0 Å². The fourth-order valence-electron chi connectivity index (χ4n) is 1.63. The maximum atomic E-state index is 12.0. The Morgan fingerprint density at radius 3 is 2.75 bits per heavy atom. The number of rotatable bonds is 4. The molecular formula is C12H14N4O3S. The molecule has 0 radical (unpaired) electrons. The second-order valence-electron chi connectivity index (χ2n) is 4.28. The Bertz CT molecular complexity index is 723. The first kappa shape index (κ1) is 14.1. The zero-order valence-corrected chi connectivity index (χ0v) is 11.6. The first-order valence-corrected chi connectivity index (χ1v) is 7.62. The van der Waals surface area contributed by atoms with Gasteiger partial charge in [0, 0.05) is 29.9 Å². The van der Waals surface area contributed by atoms with Gasteiger partial charge in [-0.3, -0.25) is 4.79 Å². The molecule has 0 unspecified atom stereocenters. The van der Waals surface area contributed by atoms with E-state index in [1.807, 2.05) is 0 Å². The van der Waals surface area contributed by atoms with Crippen LogP contribution in [0.5, 0.6) is 0 Å². The molecule has 1 amide bonds. The van der Waals surface area contributed by atoms with Crippen LogP contribution in [0.1, 0.15) is 16.2 Å². The van der Waals surface area contributed by atoms with E-state index in [1.54, 1.807) is 12.4 Å². The summed E-state index contributed by atoms with van der Waals surface area (Å²) < 4.78 is 23.0. The third-order valence-electron chi connectivity index (χ3n) is 2.59. The van der Waals surface area contributed by atoms with Crippen LogP contribution in [-0.2, 0) is 16.4 Å². The summed E-state index contributed by atoms with van der Waals surface area (Å²) in [6, 6.07) is 4.04. The first-order chi connectivity index (χ1) is 9.36. The highest BCUT2D eigenvalue weighted by atomic mass is 32.2. The molecule has 20 heavy (non-hydrogen) atoms. The van der Waals surface area contributed by atoms with Gasteiger partial charge in [-0.1, -0.05) is 0 Å². The van der Waals surface area contributed by atoms with Crippen LogP contribution in [-0.4, -0.2) is 30.5 Å². The van der Waals surface area contributed by atoms with Crippen molar-refractivity contribution in [1.29, 1.82) is 0 Å². The lowest BCUT2D eigenvalue weighted by Crippen LogP contribution is -2.23. The second-order valence-corrected chi connectivity index (χ2v) is 6.30. The monoisotopic (exact) mass is 294 g/mol. The Labute approximate surface area is 116 Å². The number of hydrogen-bond donors (Lipinski definition) is 3. The van der Waals surface area contributed by atoms with E-state index < -0.39 is 15.7 Å². The quantitative estimate of drug-likeness (QED) is 0.702. The topological polar surface area (TPSA) is 118 Å². The third kappa shape index (κ3) is 3.35. The molecule has 0 fully saturated rings. The van der Waals surface area contributed by atoms with Gasteiger partial charge in [-0.15, -0.1) is 0 Å². The Hall–Kier alpha value is -2.35. The van der Waals surface area contributed by atoms with Crippen LogP contribution in [0, 0.1) is 0 Å².